The van der Waals surface area contributed by atoms with E-state index in [1.54, 1.807) is 25.2 Å². The molecule has 0 aliphatic carbocycles. The number of halogens is 6. The summed E-state index contributed by atoms with van der Waals surface area (Å²) in [4.78, 5) is 1.11. The van der Waals surface area contributed by atoms with Gasteiger partial charge in [0.15, 0.2) is 0 Å². The summed E-state index contributed by atoms with van der Waals surface area (Å²) in [6.07, 6.45) is -9.80. The monoisotopic (exact) mass is 560 g/mol. The fourth-order valence-corrected chi connectivity index (χ4v) is 4.98. The Labute approximate surface area is 214 Å². The van der Waals surface area contributed by atoms with Crippen LogP contribution in [0.15, 0.2) is 71.6 Å². The SMILES string of the molecule is CN1CCC(Oc2cc(NS(=O)(=O)c3ccc(Oc4ccccc4)c(C(F)(F)F)c3)ccc2C(F)(F)F)C1. The molecule has 0 amide bonds. The molecule has 1 aliphatic heterocycles. The molecule has 1 aliphatic rings. The fraction of sp³-hybridized carbons (Fsp3) is 0.280. The minimum absolute atomic E-state index is 0.109. The first-order valence-corrected chi connectivity index (χ1v) is 12.7. The molecule has 204 valence electrons. The van der Waals surface area contributed by atoms with E-state index >= 15 is 0 Å². The number of nitrogens with zero attached hydrogens (tertiary/aromatic N) is 1. The van der Waals surface area contributed by atoms with Crippen LogP contribution in [0.2, 0.25) is 0 Å². The molecule has 0 saturated carbocycles. The number of likely N-dealkylation sites (tertiary alicyclic amines) is 1. The fourth-order valence-electron chi connectivity index (χ4n) is 3.90. The minimum atomic E-state index is -4.96. The van der Waals surface area contributed by atoms with Crippen LogP contribution in [0.5, 0.6) is 17.2 Å². The molecule has 1 N–H and O–H groups in total. The molecule has 1 unspecified atom stereocenters. The Bertz CT molecular complexity index is 1400. The van der Waals surface area contributed by atoms with Crippen molar-refractivity contribution < 1.29 is 44.2 Å². The van der Waals surface area contributed by atoms with Gasteiger partial charge in [0.1, 0.15) is 23.4 Å². The molecule has 1 saturated heterocycles. The number of sulfonamides is 1. The minimum Gasteiger partial charge on any atom is -0.488 e. The van der Waals surface area contributed by atoms with E-state index < -0.39 is 56.0 Å². The molecule has 1 heterocycles. The number of anilines is 1. The summed E-state index contributed by atoms with van der Waals surface area (Å²) < 4.78 is 121. The van der Waals surface area contributed by atoms with Gasteiger partial charge in [-0.1, -0.05) is 18.2 Å². The zero-order chi connectivity index (χ0) is 27.7. The van der Waals surface area contributed by atoms with Gasteiger partial charge in [-0.05, 0) is 55.9 Å². The highest BCUT2D eigenvalue weighted by Gasteiger charge is 2.37. The Balaban J connectivity index is 1.64. The molecule has 3 aromatic carbocycles. The van der Waals surface area contributed by atoms with Crippen molar-refractivity contribution in [3.63, 3.8) is 0 Å². The van der Waals surface area contributed by atoms with Gasteiger partial charge >= 0.3 is 12.4 Å². The second-order valence-electron chi connectivity index (χ2n) is 8.68. The topological polar surface area (TPSA) is 67.9 Å². The van der Waals surface area contributed by atoms with E-state index in [-0.39, 0.29) is 11.4 Å². The van der Waals surface area contributed by atoms with Gasteiger partial charge in [-0.3, -0.25) is 4.72 Å². The van der Waals surface area contributed by atoms with Gasteiger partial charge in [-0.2, -0.15) is 26.3 Å². The Morgan fingerprint density at radius 2 is 1.55 bits per heavy atom. The van der Waals surface area contributed by atoms with Gasteiger partial charge in [-0.15, -0.1) is 0 Å². The van der Waals surface area contributed by atoms with Crippen LogP contribution >= 0.6 is 0 Å². The number of rotatable bonds is 7. The summed E-state index contributed by atoms with van der Waals surface area (Å²) in [5.41, 5.74) is -2.75. The average Bonchev–Trinajstić information content (AvgIpc) is 3.22. The second kappa shape index (κ2) is 10.4. The molecule has 4 rings (SSSR count). The van der Waals surface area contributed by atoms with E-state index in [9.17, 15) is 34.8 Å². The van der Waals surface area contributed by atoms with Crippen molar-refractivity contribution in [2.45, 2.75) is 29.8 Å². The summed E-state index contributed by atoms with van der Waals surface area (Å²) in [5.74, 6) is -1.09. The van der Waals surface area contributed by atoms with Crippen molar-refractivity contribution in [3.8, 4) is 17.2 Å². The lowest BCUT2D eigenvalue weighted by Crippen LogP contribution is -2.23. The summed E-state index contributed by atoms with van der Waals surface area (Å²) in [7, 11) is -2.86. The number of hydrogen-bond donors (Lipinski definition) is 1. The maximum absolute atomic E-state index is 13.8. The van der Waals surface area contributed by atoms with E-state index in [4.69, 9.17) is 9.47 Å². The molecular formula is C25H22F6N2O4S. The lowest BCUT2D eigenvalue weighted by molar-refractivity contribution is -0.139. The molecular weight excluding hydrogens is 538 g/mol. The molecule has 3 aromatic rings. The van der Waals surface area contributed by atoms with Gasteiger partial charge in [0, 0.05) is 19.2 Å². The zero-order valence-electron chi connectivity index (χ0n) is 19.8. The van der Waals surface area contributed by atoms with Crippen molar-refractivity contribution in [1.29, 1.82) is 0 Å². The standard InChI is InChI=1S/C25H22F6N2O4S/c1-33-12-11-18(15-33)37-23-13-16(7-9-20(23)24(26,27)28)32-38(34,35)19-8-10-22(21(14-19)25(29,30)31)36-17-5-3-2-4-6-17/h2-10,13-14,18,32H,11-12,15H2,1H3. The first-order valence-electron chi connectivity index (χ1n) is 11.3. The van der Waals surface area contributed by atoms with Crippen molar-refractivity contribution in [3.05, 3.63) is 77.9 Å². The average molecular weight is 561 g/mol. The van der Waals surface area contributed by atoms with Crippen molar-refractivity contribution in [2.24, 2.45) is 0 Å². The van der Waals surface area contributed by atoms with E-state index in [1.807, 2.05) is 9.62 Å². The number of alkyl halides is 6. The van der Waals surface area contributed by atoms with E-state index in [1.165, 1.54) is 12.1 Å². The number of para-hydroxylation sites is 1. The maximum atomic E-state index is 13.8. The molecule has 0 bridgehead atoms. The summed E-state index contributed by atoms with van der Waals surface area (Å²) in [6, 6.07) is 12.2. The Hall–Kier alpha value is -3.45. The van der Waals surface area contributed by atoms with Gasteiger partial charge in [0.05, 0.1) is 21.7 Å². The summed E-state index contributed by atoms with van der Waals surface area (Å²) >= 11 is 0. The van der Waals surface area contributed by atoms with Gasteiger partial charge in [-0.25, -0.2) is 8.42 Å². The van der Waals surface area contributed by atoms with Crippen LogP contribution in [0.3, 0.4) is 0 Å². The number of nitrogens with one attached hydrogen (secondary N) is 1. The third-order valence-corrected chi connectivity index (χ3v) is 7.10. The third kappa shape index (κ3) is 6.51. The highest BCUT2D eigenvalue weighted by molar-refractivity contribution is 7.92. The van der Waals surface area contributed by atoms with Crippen molar-refractivity contribution >= 4 is 15.7 Å². The van der Waals surface area contributed by atoms with E-state index in [0.717, 1.165) is 24.3 Å². The van der Waals surface area contributed by atoms with Crippen LogP contribution in [0, 0.1) is 0 Å². The Morgan fingerprint density at radius 3 is 2.16 bits per heavy atom. The second-order valence-corrected chi connectivity index (χ2v) is 10.4. The molecule has 13 heteroatoms. The van der Waals surface area contributed by atoms with Gasteiger partial charge in [0.25, 0.3) is 10.0 Å². The molecule has 1 fully saturated rings. The zero-order valence-corrected chi connectivity index (χ0v) is 20.6. The van der Waals surface area contributed by atoms with Crippen LogP contribution < -0.4 is 14.2 Å². The highest BCUT2D eigenvalue weighted by Crippen LogP contribution is 2.41. The maximum Gasteiger partial charge on any atom is 0.420 e. The van der Waals surface area contributed by atoms with Crippen molar-refractivity contribution in [1.82, 2.24) is 4.90 Å². The molecule has 6 nitrogen and oxygen atoms in total. The Kier molecular flexibility index (Phi) is 7.53. The van der Waals surface area contributed by atoms with Crippen LogP contribution in [0.1, 0.15) is 17.5 Å². The summed E-state index contributed by atoms with van der Waals surface area (Å²) in [5, 5.41) is 0. The molecule has 38 heavy (non-hydrogen) atoms. The van der Waals surface area contributed by atoms with E-state index in [0.29, 0.717) is 31.6 Å². The van der Waals surface area contributed by atoms with Crippen LogP contribution in [-0.2, 0) is 22.4 Å². The van der Waals surface area contributed by atoms with Crippen LogP contribution in [-0.4, -0.2) is 39.6 Å². The number of benzene rings is 3. The number of ether oxygens (including phenoxy) is 2. The summed E-state index contributed by atoms with van der Waals surface area (Å²) in [6.45, 7) is 0.995. The normalized spacial score (nSPS) is 16.9. The van der Waals surface area contributed by atoms with Crippen LogP contribution in [0.4, 0.5) is 32.0 Å². The Morgan fingerprint density at radius 1 is 0.868 bits per heavy atom. The lowest BCUT2D eigenvalue weighted by atomic mass is 10.1. The van der Waals surface area contributed by atoms with Gasteiger partial charge < -0.3 is 14.4 Å². The molecule has 0 spiro atoms. The first kappa shape index (κ1) is 27.6. The predicted molar refractivity (Wildman–Crippen MR) is 127 cm³/mol. The number of likely N-dealkylation sites (N-methyl/N-ethyl adjacent to an activating group) is 1. The molecule has 0 radical (unpaired) electrons. The van der Waals surface area contributed by atoms with Crippen LogP contribution in [0.25, 0.3) is 0 Å². The first-order chi connectivity index (χ1) is 17.7. The molecule has 0 aromatic heterocycles. The smallest absolute Gasteiger partial charge is 0.420 e. The van der Waals surface area contributed by atoms with Crippen molar-refractivity contribution in [2.75, 3.05) is 24.9 Å². The number of hydrogen-bond acceptors (Lipinski definition) is 5. The van der Waals surface area contributed by atoms with E-state index in [2.05, 4.69) is 0 Å². The predicted octanol–water partition coefficient (Wildman–Crippen LogP) is 6.40. The third-order valence-electron chi connectivity index (χ3n) is 5.72. The lowest BCUT2D eigenvalue weighted by Gasteiger charge is -2.20. The quantitative estimate of drug-likeness (QED) is 0.339. The highest BCUT2D eigenvalue weighted by atomic mass is 32.2. The largest absolute Gasteiger partial charge is 0.488 e. The molecule has 1 atom stereocenters. The van der Waals surface area contributed by atoms with Gasteiger partial charge in [0.2, 0.25) is 0 Å².